The third-order valence-electron chi connectivity index (χ3n) is 3.67. The highest BCUT2D eigenvalue weighted by Crippen LogP contribution is 2.28. The van der Waals surface area contributed by atoms with Gasteiger partial charge in [-0.1, -0.05) is 0 Å². The lowest BCUT2D eigenvalue weighted by molar-refractivity contribution is -0.121. The summed E-state index contributed by atoms with van der Waals surface area (Å²) in [6, 6.07) is 3.63. The van der Waals surface area contributed by atoms with E-state index in [1.165, 1.54) is 18.2 Å². The van der Waals surface area contributed by atoms with Gasteiger partial charge in [-0.15, -0.1) is 0 Å². The van der Waals surface area contributed by atoms with Crippen molar-refractivity contribution in [1.82, 2.24) is 14.9 Å². The zero-order valence-corrected chi connectivity index (χ0v) is 11.5. The third kappa shape index (κ3) is 2.55. The van der Waals surface area contributed by atoms with E-state index in [-0.39, 0.29) is 29.1 Å². The van der Waals surface area contributed by atoms with Crippen LogP contribution in [0.1, 0.15) is 11.4 Å². The number of nitrogens with one attached hydrogen (secondary N) is 2. The number of aromatic hydroxyl groups is 2. The van der Waals surface area contributed by atoms with Crippen molar-refractivity contribution in [2.75, 3.05) is 12.4 Å². The van der Waals surface area contributed by atoms with Crippen LogP contribution in [0.3, 0.4) is 0 Å². The van der Waals surface area contributed by atoms with Crippen molar-refractivity contribution in [1.29, 1.82) is 0 Å². The summed E-state index contributed by atoms with van der Waals surface area (Å²) < 4.78 is 0. The van der Waals surface area contributed by atoms with Gasteiger partial charge in [0.2, 0.25) is 5.91 Å². The number of likely N-dealkylation sites (N-methyl/N-ethyl adjacent to an activating group) is 1. The molecule has 1 unspecified atom stereocenters. The standard InChI is InChI=1S/C14H16N4O3/c1-18-6-11-9(15-7-16-11)5-12(18)14(21)17-10-4-8(19)2-3-13(10)20/h2-4,7,12,19-20H,5-6H2,1H3,(H,15,16)(H,17,21). The molecular formula is C14H16N4O3. The fourth-order valence-electron chi connectivity index (χ4n) is 2.49. The van der Waals surface area contributed by atoms with E-state index in [0.29, 0.717) is 13.0 Å². The highest BCUT2D eigenvalue weighted by atomic mass is 16.3. The minimum Gasteiger partial charge on any atom is -0.508 e. The molecule has 0 fully saturated rings. The lowest BCUT2D eigenvalue weighted by Crippen LogP contribution is -2.45. The molecule has 3 rings (SSSR count). The molecule has 1 amide bonds. The molecular weight excluding hydrogens is 272 g/mol. The van der Waals surface area contributed by atoms with E-state index < -0.39 is 0 Å². The molecule has 21 heavy (non-hydrogen) atoms. The maximum atomic E-state index is 12.4. The molecule has 2 heterocycles. The number of anilines is 1. The molecule has 1 aromatic carbocycles. The van der Waals surface area contributed by atoms with Gasteiger partial charge in [-0.3, -0.25) is 9.69 Å². The van der Waals surface area contributed by atoms with Gasteiger partial charge in [0.15, 0.2) is 0 Å². The Balaban J connectivity index is 1.78. The number of fused-ring (bicyclic) bond motifs is 1. The summed E-state index contributed by atoms with van der Waals surface area (Å²) in [5, 5.41) is 21.8. The van der Waals surface area contributed by atoms with E-state index in [0.717, 1.165) is 11.4 Å². The van der Waals surface area contributed by atoms with E-state index in [2.05, 4.69) is 15.3 Å². The summed E-state index contributed by atoms with van der Waals surface area (Å²) in [5.41, 5.74) is 2.09. The van der Waals surface area contributed by atoms with Crippen LogP contribution in [0, 0.1) is 0 Å². The van der Waals surface area contributed by atoms with E-state index in [1.54, 1.807) is 6.33 Å². The van der Waals surface area contributed by atoms with Crippen molar-refractivity contribution in [3.63, 3.8) is 0 Å². The molecule has 1 aliphatic heterocycles. The number of imidazole rings is 1. The van der Waals surface area contributed by atoms with Crippen LogP contribution < -0.4 is 5.32 Å². The average molecular weight is 288 g/mol. The molecule has 110 valence electrons. The highest BCUT2D eigenvalue weighted by Gasteiger charge is 2.30. The zero-order chi connectivity index (χ0) is 15.0. The molecule has 0 bridgehead atoms. The summed E-state index contributed by atoms with van der Waals surface area (Å²) in [6.45, 7) is 0.611. The van der Waals surface area contributed by atoms with Crippen LogP contribution in [0.15, 0.2) is 24.5 Å². The van der Waals surface area contributed by atoms with Crippen LogP contribution in [0.4, 0.5) is 5.69 Å². The molecule has 1 atom stereocenters. The summed E-state index contributed by atoms with van der Waals surface area (Å²) in [6.07, 6.45) is 2.13. The van der Waals surface area contributed by atoms with Crippen LogP contribution >= 0.6 is 0 Å². The fraction of sp³-hybridized carbons (Fsp3) is 0.286. The second-order valence-corrected chi connectivity index (χ2v) is 5.15. The Morgan fingerprint density at radius 1 is 1.48 bits per heavy atom. The molecule has 0 spiro atoms. The number of amides is 1. The van der Waals surface area contributed by atoms with E-state index in [4.69, 9.17) is 0 Å². The Kier molecular flexibility index (Phi) is 3.26. The predicted octanol–water partition coefficient (Wildman–Crippen LogP) is 0.816. The normalized spacial score (nSPS) is 18.2. The topological polar surface area (TPSA) is 101 Å². The average Bonchev–Trinajstić information content (AvgIpc) is 2.89. The van der Waals surface area contributed by atoms with Crippen LogP contribution in [0.25, 0.3) is 0 Å². The first-order valence-corrected chi connectivity index (χ1v) is 6.59. The second-order valence-electron chi connectivity index (χ2n) is 5.15. The third-order valence-corrected chi connectivity index (χ3v) is 3.67. The maximum Gasteiger partial charge on any atom is 0.242 e. The Morgan fingerprint density at radius 3 is 3.10 bits per heavy atom. The fourth-order valence-corrected chi connectivity index (χ4v) is 2.49. The van der Waals surface area contributed by atoms with Gasteiger partial charge in [0.25, 0.3) is 0 Å². The van der Waals surface area contributed by atoms with Gasteiger partial charge in [-0.2, -0.15) is 0 Å². The Labute approximate surface area is 121 Å². The van der Waals surface area contributed by atoms with Gasteiger partial charge in [0.1, 0.15) is 11.5 Å². The molecule has 0 saturated heterocycles. The second kappa shape index (κ2) is 5.10. The number of carbonyl (C=O) groups is 1. The SMILES string of the molecule is CN1Cc2[nH]cnc2CC1C(=O)Nc1cc(O)ccc1O. The molecule has 1 aromatic heterocycles. The van der Waals surface area contributed by atoms with Crippen LogP contribution in [0.2, 0.25) is 0 Å². The first kappa shape index (κ1) is 13.4. The van der Waals surface area contributed by atoms with E-state index in [9.17, 15) is 15.0 Å². The number of phenols is 2. The number of aromatic amines is 1. The van der Waals surface area contributed by atoms with Crippen molar-refractivity contribution in [2.45, 2.75) is 19.0 Å². The monoisotopic (exact) mass is 288 g/mol. The number of rotatable bonds is 2. The van der Waals surface area contributed by atoms with Crippen molar-refractivity contribution in [2.24, 2.45) is 0 Å². The number of benzene rings is 1. The summed E-state index contributed by atoms with van der Waals surface area (Å²) in [4.78, 5) is 21.6. The molecule has 7 nitrogen and oxygen atoms in total. The van der Waals surface area contributed by atoms with Crippen LogP contribution in [-0.4, -0.2) is 44.1 Å². The summed E-state index contributed by atoms with van der Waals surface area (Å²) in [5.74, 6) is -0.346. The molecule has 2 aromatic rings. The highest BCUT2D eigenvalue weighted by molar-refractivity contribution is 5.96. The number of aromatic nitrogens is 2. The number of carbonyl (C=O) groups excluding carboxylic acids is 1. The van der Waals surface area contributed by atoms with Crippen molar-refractivity contribution >= 4 is 11.6 Å². The maximum absolute atomic E-state index is 12.4. The molecule has 0 radical (unpaired) electrons. The first-order chi connectivity index (χ1) is 10.0. The molecule has 0 aliphatic carbocycles. The summed E-state index contributed by atoms with van der Waals surface area (Å²) in [7, 11) is 1.86. The lowest BCUT2D eigenvalue weighted by atomic mass is 10.0. The van der Waals surface area contributed by atoms with Gasteiger partial charge in [0.05, 0.1) is 29.4 Å². The minimum atomic E-state index is -0.373. The van der Waals surface area contributed by atoms with Gasteiger partial charge in [-0.05, 0) is 19.2 Å². The van der Waals surface area contributed by atoms with E-state index in [1.807, 2.05) is 11.9 Å². The van der Waals surface area contributed by atoms with Crippen molar-refractivity contribution in [3.8, 4) is 11.5 Å². The molecule has 1 aliphatic rings. The number of hydrogen-bond donors (Lipinski definition) is 4. The van der Waals surface area contributed by atoms with Gasteiger partial charge in [-0.25, -0.2) is 4.98 Å². The van der Waals surface area contributed by atoms with Crippen molar-refractivity contribution < 1.29 is 15.0 Å². The quantitative estimate of drug-likeness (QED) is 0.484. The zero-order valence-electron chi connectivity index (χ0n) is 11.5. The minimum absolute atomic E-state index is 0.0188. The summed E-state index contributed by atoms with van der Waals surface area (Å²) >= 11 is 0. The van der Waals surface area contributed by atoms with Gasteiger partial charge < -0.3 is 20.5 Å². The van der Waals surface area contributed by atoms with Crippen LogP contribution in [-0.2, 0) is 17.8 Å². The predicted molar refractivity (Wildman–Crippen MR) is 75.9 cm³/mol. The number of phenolic OH excluding ortho intramolecular Hbond substituents is 2. The Morgan fingerprint density at radius 2 is 2.29 bits per heavy atom. The Hall–Kier alpha value is -2.54. The van der Waals surface area contributed by atoms with Crippen molar-refractivity contribution in [3.05, 3.63) is 35.9 Å². The lowest BCUT2D eigenvalue weighted by Gasteiger charge is -2.30. The van der Waals surface area contributed by atoms with Gasteiger partial charge in [0, 0.05) is 19.0 Å². The molecule has 4 N–H and O–H groups in total. The van der Waals surface area contributed by atoms with E-state index >= 15 is 0 Å². The molecule has 0 saturated carbocycles. The van der Waals surface area contributed by atoms with Crippen LogP contribution in [0.5, 0.6) is 11.5 Å². The largest absolute Gasteiger partial charge is 0.508 e. The Bertz CT molecular complexity index is 683. The first-order valence-electron chi connectivity index (χ1n) is 6.59. The number of hydrogen-bond acceptors (Lipinski definition) is 5. The number of nitrogens with zero attached hydrogens (tertiary/aromatic N) is 2. The smallest absolute Gasteiger partial charge is 0.242 e. The number of H-pyrrole nitrogens is 1. The molecule has 7 heteroatoms. The van der Waals surface area contributed by atoms with Gasteiger partial charge >= 0.3 is 0 Å².